The van der Waals surface area contributed by atoms with Crippen molar-refractivity contribution in [2.24, 2.45) is 0 Å². The minimum atomic E-state index is -0.163. The molecule has 2 atom stereocenters. The van der Waals surface area contributed by atoms with Crippen LogP contribution in [0.2, 0.25) is 0 Å². The van der Waals surface area contributed by atoms with Crippen molar-refractivity contribution in [3.63, 3.8) is 0 Å². The van der Waals surface area contributed by atoms with Crippen LogP contribution in [0.4, 0.5) is 5.95 Å². The van der Waals surface area contributed by atoms with Crippen molar-refractivity contribution in [3.05, 3.63) is 36.5 Å². The van der Waals surface area contributed by atoms with Crippen molar-refractivity contribution in [1.82, 2.24) is 9.97 Å². The van der Waals surface area contributed by atoms with Gasteiger partial charge in [0.25, 0.3) is 0 Å². The van der Waals surface area contributed by atoms with Crippen LogP contribution < -0.4 is 19.1 Å². The van der Waals surface area contributed by atoms with Crippen LogP contribution in [0, 0.1) is 0 Å². The number of aromatic nitrogens is 2. The highest BCUT2D eigenvalue weighted by Gasteiger charge is 2.39. The second-order valence-corrected chi connectivity index (χ2v) is 6.47. The van der Waals surface area contributed by atoms with E-state index in [1.807, 2.05) is 24.3 Å². The Morgan fingerprint density at radius 1 is 1.00 bits per heavy atom. The number of hydrogen-bond acceptors (Lipinski definition) is 8. The Kier molecular flexibility index (Phi) is 5.26. The first-order chi connectivity index (χ1) is 13.2. The van der Waals surface area contributed by atoms with Gasteiger partial charge in [-0.3, -0.25) is 0 Å². The van der Waals surface area contributed by atoms with Crippen LogP contribution in [0.1, 0.15) is 0 Å². The van der Waals surface area contributed by atoms with E-state index in [-0.39, 0.29) is 18.3 Å². The van der Waals surface area contributed by atoms with E-state index < -0.39 is 0 Å². The van der Waals surface area contributed by atoms with Gasteiger partial charge in [-0.15, -0.1) is 0 Å². The Hall–Kier alpha value is -2.58. The lowest BCUT2D eigenvalue weighted by Gasteiger charge is -2.19. The van der Waals surface area contributed by atoms with Crippen LogP contribution in [0.15, 0.2) is 36.5 Å². The van der Waals surface area contributed by atoms with Gasteiger partial charge in [0, 0.05) is 31.4 Å². The number of benzene rings is 1. The van der Waals surface area contributed by atoms with Gasteiger partial charge in [-0.05, 0) is 12.1 Å². The predicted octanol–water partition coefficient (Wildman–Crippen LogP) is 1.55. The van der Waals surface area contributed by atoms with E-state index in [1.54, 1.807) is 26.5 Å². The minimum absolute atomic E-state index is 0.0429. The molecule has 0 aliphatic carbocycles. The average Bonchev–Trinajstić information content (AvgIpc) is 3.04. The van der Waals surface area contributed by atoms with Gasteiger partial charge in [-0.1, -0.05) is 6.07 Å². The number of nitrogens with zero attached hydrogens (tertiary/aromatic N) is 3. The summed E-state index contributed by atoms with van der Waals surface area (Å²) < 4.78 is 28.5. The van der Waals surface area contributed by atoms with E-state index in [0.717, 1.165) is 11.5 Å². The van der Waals surface area contributed by atoms with Crippen LogP contribution in [0.5, 0.6) is 17.4 Å². The molecule has 2 saturated heterocycles. The minimum Gasteiger partial charge on any atom is -0.497 e. The molecule has 8 nitrogen and oxygen atoms in total. The van der Waals surface area contributed by atoms with Gasteiger partial charge in [0.2, 0.25) is 11.8 Å². The number of anilines is 1. The summed E-state index contributed by atoms with van der Waals surface area (Å²) >= 11 is 0. The molecule has 0 amide bonds. The van der Waals surface area contributed by atoms with Gasteiger partial charge in [0.05, 0.1) is 27.4 Å². The summed E-state index contributed by atoms with van der Waals surface area (Å²) in [7, 11) is 3.23. The van der Waals surface area contributed by atoms with Crippen molar-refractivity contribution in [2.75, 3.05) is 45.4 Å². The molecule has 2 aromatic rings. The number of rotatable bonds is 5. The Balaban J connectivity index is 1.36. The van der Waals surface area contributed by atoms with Gasteiger partial charge in [0.1, 0.15) is 29.8 Å². The van der Waals surface area contributed by atoms with Crippen molar-refractivity contribution in [2.45, 2.75) is 18.3 Å². The maximum absolute atomic E-state index is 6.07. The lowest BCUT2D eigenvalue weighted by atomic mass is 10.3. The summed E-state index contributed by atoms with van der Waals surface area (Å²) in [5, 5.41) is 0. The first-order valence-corrected chi connectivity index (χ1v) is 8.91. The average molecular weight is 373 g/mol. The summed E-state index contributed by atoms with van der Waals surface area (Å²) in [4.78, 5) is 10.8. The molecule has 0 spiro atoms. The molecule has 0 saturated carbocycles. The topological polar surface area (TPSA) is 75.2 Å². The molecule has 8 heteroatoms. The SMILES string of the molecule is COc1cccc(OC2CO[C@H]3CN(c4nccc(OC)n4)C[C@@H]3OC2)c1. The zero-order valence-electron chi connectivity index (χ0n) is 15.4. The van der Waals surface area contributed by atoms with Crippen LogP contribution in [-0.4, -0.2) is 68.8 Å². The third-order valence-corrected chi connectivity index (χ3v) is 4.66. The molecule has 1 aromatic carbocycles. The molecule has 4 rings (SSSR count). The number of methoxy groups -OCH3 is 2. The predicted molar refractivity (Wildman–Crippen MR) is 97.7 cm³/mol. The highest BCUT2D eigenvalue weighted by Crippen LogP contribution is 2.26. The first-order valence-electron chi connectivity index (χ1n) is 8.91. The molecule has 0 radical (unpaired) electrons. The molecule has 2 aliphatic heterocycles. The number of fused-ring (bicyclic) bond motifs is 1. The summed E-state index contributed by atoms with van der Waals surface area (Å²) in [6, 6.07) is 9.26. The fourth-order valence-corrected chi connectivity index (χ4v) is 3.27. The van der Waals surface area contributed by atoms with Gasteiger partial charge < -0.3 is 28.6 Å². The van der Waals surface area contributed by atoms with Gasteiger partial charge in [-0.25, -0.2) is 4.98 Å². The van der Waals surface area contributed by atoms with Crippen LogP contribution in [0.3, 0.4) is 0 Å². The zero-order chi connectivity index (χ0) is 18.6. The summed E-state index contributed by atoms with van der Waals surface area (Å²) in [6.07, 6.45) is 1.44. The lowest BCUT2D eigenvalue weighted by Crippen LogP contribution is -2.30. The molecule has 2 aliphatic rings. The quantitative estimate of drug-likeness (QED) is 0.781. The molecule has 3 heterocycles. The Labute approximate surface area is 158 Å². The second kappa shape index (κ2) is 7.98. The van der Waals surface area contributed by atoms with Crippen molar-refractivity contribution in [1.29, 1.82) is 0 Å². The highest BCUT2D eigenvalue weighted by molar-refractivity contribution is 5.35. The monoisotopic (exact) mass is 373 g/mol. The maximum atomic E-state index is 6.07. The van der Waals surface area contributed by atoms with Crippen molar-refractivity contribution in [3.8, 4) is 17.4 Å². The first kappa shape index (κ1) is 17.8. The third-order valence-electron chi connectivity index (χ3n) is 4.66. The Bertz CT molecular complexity index is 759. The van der Waals surface area contributed by atoms with Crippen molar-refractivity contribution >= 4 is 5.95 Å². The molecule has 0 unspecified atom stereocenters. The molecule has 27 heavy (non-hydrogen) atoms. The van der Waals surface area contributed by atoms with Crippen LogP contribution in [0.25, 0.3) is 0 Å². The van der Waals surface area contributed by atoms with E-state index in [4.69, 9.17) is 23.7 Å². The van der Waals surface area contributed by atoms with E-state index in [2.05, 4.69) is 14.9 Å². The van der Waals surface area contributed by atoms with Crippen molar-refractivity contribution < 1.29 is 23.7 Å². The fourth-order valence-electron chi connectivity index (χ4n) is 3.27. The van der Waals surface area contributed by atoms with Gasteiger partial charge in [0.15, 0.2) is 0 Å². The summed E-state index contributed by atoms with van der Waals surface area (Å²) in [6.45, 7) is 2.27. The largest absolute Gasteiger partial charge is 0.497 e. The highest BCUT2D eigenvalue weighted by atomic mass is 16.6. The second-order valence-electron chi connectivity index (χ2n) is 6.47. The standard InChI is InChI=1S/C19H23N3O5/c1-23-13-4-3-5-14(8-13)27-15-11-25-16-9-22(10-17(16)26-12-15)19-20-7-6-18(21-19)24-2/h3-8,15-17H,9-12H2,1-2H3/t16-,17-/m0/s1. The molecular weight excluding hydrogens is 350 g/mol. The van der Waals surface area contributed by atoms with E-state index in [0.29, 0.717) is 38.1 Å². The summed E-state index contributed by atoms with van der Waals surface area (Å²) in [5.41, 5.74) is 0. The number of ether oxygens (including phenoxy) is 5. The third kappa shape index (κ3) is 4.06. The summed E-state index contributed by atoms with van der Waals surface area (Å²) in [5.74, 6) is 2.67. The van der Waals surface area contributed by atoms with Crippen LogP contribution >= 0.6 is 0 Å². The number of hydrogen-bond donors (Lipinski definition) is 0. The molecule has 144 valence electrons. The smallest absolute Gasteiger partial charge is 0.228 e. The van der Waals surface area contributed by atoms with Gasteiger partial charge in [-0.2, -0.15) is 4.98 Å². The maximum Gasteiger partial charge on any atom is 0.228 e. The fraction of sp³-hybridized carbons (Fsp3) is 0.474. The molecular formula is C19H23N3O5. The molecule has 1 aromatic heterocycles. The molecule has 2 fully saturated rings. The van der Waals surface area contributed by atoms with Crippen LogP contribution in [-0.2, 0) is 9.47 Å². The van der Waals surface area contributed by atoms with E-state index in [9.17, 15) is 0 Å². The molecule has 0 N–H and O–H groups in total. The molecule has 0 bridgehead atoms. The Morgan fingerprint density at radius 3 is 2.44 bits per heavy atom. The lowest BCUT2D eigenvalue weighted by molar-refractivity contribution is -0.00461. The normalized spacial score (nSPS) is 22.8. The van der Waals surface area contributed by atoms with Gasteiger partial charge >= 0.3 is 0 Å². The Morgan fingerprint density at radius 2 is 1.74 bits per heavy atom. The van der Waals surface area contributed by atoms with E-state index >= 15 is 0 Å². The zero-order valence-corrected chi connectivity index (χ0v) is 15.4. The van der Waals surface area contributed by atoms with E-state index in [1.165, 1.54) is 0 Å².